The van der Waals surface area contributed by atoms with Crippen LogP contribution in [0.1, 0.15) is 23.7 Å². The van der Waals surface area contributed by atoms with Gasteiger partial charge in [-0.15, -0.1) is 0 Å². The van der Waals surface area contributed by atoms with Crippen molar-refractivity contribution in [2.75, 3.05) is 0 Å². The number of rotatable bonds is 0. The Balaban J connectivity index is 2.33. The van der Waals surface area contributed by atoms with E-state index in [-0.39, 0.29) is 0 Å². The first-order valence-corrected chi connectivity index (χ1v) is 5.97. The van der Waals surface area contributed by atoms with E-state index in [4.69, 9.17) is 0 Å². The zero-order valence-corrected chi connectivity index (χ0v) is 10.2. The lowest BCUT2D eigenvalue weighted by Crippen LogP contribution is -2.33. The number of nitrogens with one attached hydrogen (secondary N) is 1. The van der Waals surface area contributed by atoms with Gasteiger partial charge in [0.15, 0.2) is 0 Å². The van der Waals surface area contributed by atoms with Gasteiger partial charge in [0.2, 0.25) is 0 Å². The predicted molar refractivity (Wildman–Crippen MR) is 67.7 cm³/mol. The average Bonchev–Trinajstić information content (AvgIpc) is 2.52. The molecule has 0 bridgehead atoms. The van der Waals surface area contributed by atoms with Crippen molar-refractivity contribution in [3.63, 3.8) is 0 Å². The molecule has 1 aliphatic heterocycles. The van der Waals surface area contributed by atoms with Crippen LogP contribution in [-0.4, -0.2) is 10.6 Å². The van der Waals surface area contributed by atoms with Crippen molar-refractivity contribution in [3.8, 4) is 0 Å². The summed E-state index contributed by atoms with van der Waals surface area (Å²) < 4.78 is 2.34. The quantitative estimate of drug-likeness (QED) is 0.713. The molecule has 1 aromatic carbocycles. The maximum absolute atomic E-state index is 3.53. The van der Waals surface area contributed by atoms with Crippen molar-refractivity contribution in [2.24, 2.45) is 7.05 Å². The number of benzene rings is 1. The van der Waals surface area contributed by atoms with Crippen LogP contribution in [0.25, 0.3) is 10.9 Å². The molecule has 16 heavy (non-hydrogen) atoms. The van der Waals surface area contributed by atoms with Gasteiger partial charge >= 0.3 is 0 Å². The van der Waals surface area contributed by atoms with Gasteiger partial charge in [0.25, 0.3) is 0 Å². The molecule has 0 spiro atoms. The highest BCUT2D eigenvalue weighted by molar-refractivity contribution is 5.86. The molecule has 2 heterocycles. The highest BCUT2D eigenvalue weighted by atomic mass is 15.0. The van der Waals surface area contributed by atoms with Gasteiger partial charge in [0.1, 0.15) is 0 Å². The van der Waals surface area contributed by atoms with Crippen LogP contribution in [-0.2, 0) is 20.0 Å². The van der Waals surface area contributed by atoms with Crippen LogP contribution >= 0.6 is 0 Å². The van der Waals surface area contributed by atoms with E-state index in [1.54, 1.807) is 5.56 Å². The van der Waals surface area contributed by atoms with Crippen LogP contribution in [0.4, 0.5) is 0 Å². The van der Waals surface area contributed by atoms with Crippen molar-refractivity contribution < 1.29 is 0 Å². The van der Waals surface area contributed by atoms with Crippen LogP contribution in [0.3, 0.4) is 0 Å². The van der Waals surface area contributed by atoms with Gasteiger partial charge in [-0.05, 0) is 38.0 Å². The second kappa shape index (κ2) is 3.36. The molecule has 0 saturated heterocycles. The van der Waals surface area contributed by atoms with E-state index in [0.717, 1.165) is 13.0 Å². The molecular weight excluding hydrogens is 196 g/mol. The number of nitrogens with zero attached hydrogens (tertiary/aromatic N) is 1. The van der Waals surface area contributed by atoms with Gasteiger partial charge in [-0.1, -0.05) is 11.6 Å². The molecule has 0 aliphatic carbocycles. The molecule has 84 valence electrons. The fourth-order valence-corrected chi connectivity index (χ4v) is 2.79. The smallest absolute Gasteiger partial charge is 0.0483 e. The highest BCUT2D eigenvalue weighted by Crippen LogP contribution is 2.29. The Hall–Kier alpha value is -1.28. The number of aromatic nitrogens is 1. The molecule has 2 heteroatoms. The number of aryl methyl sites for hydroxylation is 2. The molecular formula is C14H18N2. The molecule has 2 nitrogen and oxygen atoms in total. The standard InChI is InChI=1S/C14H18N2/c1-9-4-5-13-11(6-9)12-7-10(2)15-8-14(12)16(13)3/h4-6,10,15H,7-8H2,1-3H3. The van der Waals surface area contributed by atoms with E-state index in [1.807, 2.05) is 0 Å². The Kier molecular flexibility index (Phi) is 2.08. The zero-order chi connectivity index (χ0) is 11.3. The van der Waals surface area contributed by atoms with Crippen LogP contribution < -0.4 is 5.32 Å². The molecule has 2 aromatic rings. The van der Waals surface area contributed by atoms with Gasteiger partial charge in [-0.25, -0.2) is 0 Å². The lowest BCUT2D eigenvalue weighted by atomic mass is 9.99. The van der Waals surface area contributed by atoms with E-state index in [1.165, 1.54) is 22.2 Å². The minimum Gasteiger partial charge on any atom is -0.346 e. The second-order valence-electron chi connectivity index (χ2n) is 4.99. The maximum Gasteiger partial charge on any atom is 0.0483 e. The third-order valence-electron chi connectivity index (χ3n) is 3.72. The van der Waals surface area contributed by atoms with Crippen molar-refractivity contribution in [3.05, 3.63) is 35.0 Å². The normalized spacial score (nSPS) is 20.1. The Morgan fingerprint density at radius 1 is 1.38 bits per heavy atom. The van der Waals surface area contributed by atoms with E-state index in [2.05, 4.69) is 49.0 Å². The lowest BCUT2D eigenvalue weighted by molar-refractivity contribution is 0.501. The third-order valence-corrected chi connectivity index (χ3v) is 3.72. The lowest BCUT2D eigenvalue weighted by Gasteiger charge is -2.21. The van der Waals surface area contributed by atoms with Crippen molar-refractivity contribution in [1.82, 2.24) is 9.88 Å². The van der Waals surface area contributed by atoms with Crippen LogP contribution in [0.5, 0.6) is 0 Å². The molecule has 1 atom stereocenters. The van der Waals surface area contributed by atoms with Gasteiger partial charge in [0, 0.05) is 36.2 Å². The van der Waals surface area contributed by atoms with Gasteiger partial charge in [-0.2, -0.15) is 0 Å². The Morgan fingerprint density at radius 2 is 2.19 bits per heavy atom. The van der Waals surface area contributed by atoms with Crippen LogP contribution in [0, 0.1) is 6.92 Å². The molecule has 0 amide bonds. The number of fused-ring (bicyclic) bond motifs is 3. The molecule has 1 N–H and O–H groups in total. The topological polar surface area (TPSA) is 17.0 Å². The summed E-state index contributed by atoms with van der Waals surface area (Å²) in [5, 5.41) is 4.98. The molecule has 0 radical (unpaired) electrons. The van der Waals surface area contributed by atoms with E-state index in [0.29, 0.717) is 6.04 Å². The zero-order valence-electron chi connectivity index (χ0n) is 10.2. The summed E-state index contributed by atoms with van der Waals surface area (Å²) in [6.07, 6.45) is 1.15. The monoisotopic (exact) mass is 214 g/mol. The Labute approximate surface area is 96.3 Å². The summed E-state index contributed by atoms with van der Waals surface area (Å²) in [5.41, 5.74) is 5.73. The Bertz CT molecular complexity index is 551. The molecule has 0 saturated carbocycles. The van der Waals surface area contributed by atoms with Crippen LogP contribution in [0.2, 0.25) is 0 Å². The summed E-state index contributed by atoms with van der Waals surface area (Å²) in [5.74, 6) is 0. The molecule has 3 rings (SSSR count). The highest BCUT2D eigenvalue weighted by Gasteiger charge is 2.21. The first-order valence-electron chi connectivity index (χ1n) is 5.97. The van der Waals surface area contributed by atoms with Crippen molar-refractivity contribution in [2.45, 2.75) is 32.9 Å². The fourth-order valence-electron chi connectivity index (χ4n) is 2.79. The maximum atomic E-state index is 3.53. The SMILES string of the molecule is Cc1ccc2c(c1)c1c(n2C)CNC(C)C1. The average molecular weight is 214 g/mol. The van der Waals surface area contributed by atoms with Crippen molar-refractivity contribution >= 4 is 10.9 Å². The largest absolute Gasteiger partial charge is 0.346 e. The van der Waals surface area contributed by atoms with E-state index >= 15 is 0 Å². The summed E-state index contributed by atoms with van der Waals surface area (Å²) in [6.45, 7) is 5.43. The van der Waals surface area contributed by atoms with Gasteiger partial charge < -0.3 is 9.88 Å². The second-order valence-corrected chi connectivity index (χ2v) is 4.99. The molecule has 1 unspecified atom stereocenters. The summed E-state index contributed by atoms with van der Waals surface area (Å²) in [6, 6.07) is 7.36. The predicted octanol–water partition coefficient (Wildman–Crippen LogP) is 2.52. The van der Waals surface area contributed by atoms with Crippen molar-refractivity contribution in [1.29, 1.82) is 0 Å². The Morgan fingerprint density at radius 3 is 3.00 bits per heavy atom. The van der Waals surface area contributed by atoms with Crippen LogP contribution in [0.15, 0.2) is 18.2 Å². The summed E-state index contributed by atoms with van der Waals surface area (Å²) in [4.78, 5) is 0. The minimum absolute atomic E-state index is 0.596. The van der Waals surface area contributed by atoms with E-state index < -0.39 is 0 Å². The first-order chi connectivity index (χ1) is 7.66. The van der Waals surface area contributed by atoms with Gasteiger partial charge in [-0.3, -0.25) is 0 Å². The minimum atomic E-state index is 0.596. The molecule has 1 aromatic heterocycles. The number of hydrogen-bond acceptors (Lipinski definition) is 1. The number of hydrogen-bond donors (Lipinski definition) is 1. The summed E-state index contributed by atoms with van der Waals surface area (Å²) in [7, 11) is 2.17. The molecule has 0 fully saturated rings. The first kappa shape index (κ1) is 9.91. The summed E-state index contributed by atoms with van der Waals surface area (Å²) >= 11 is 0. The fraction of sp³-hybridized carbons (Fsp3) is 0.429. The third kappa shape index (κ3) is 1.30. The van der Waals surface area contributed by atoms with E-state index in [9.17, 15) is 0 Å². The van der Waals surface area contributed by atoms with Gasteiger partial charge in [0.05, 0.1) is 0 Å². The molecule has 1 aliphatic rings.